The summed E-state index contributed by atoms with van der Waals surface area (Å²) in [4.78, 5) is -0.188. The summed E-state index contributed by atoms with van der Waals surface area (Å²) in [5.41, 5.74) is 2.06. The lowest BCUT2D eigenvalue weighted by molar-refractivity contribution is -0.329. The normalized spacial score (nSPS) is 23.5. The molecule has 1 aliphatic heterocycles. The minimum absolute atomic E-state index is 0.188. The lowest BCUT2D eigenvalue weighted by Gasteiger charge is -2.30. The van der Waals surface area contributed by atoms with Crippen LogP contribution < -0.4 is 5.43 Å². The topological polar surface area (TPSA) is 27.6 Å². The number of hydrogen-bond donors (Lipinski definition) is 1. The van der Waals surface area contributed by atoms with Gasteiger partial charge in [0.25, 0.3) is 0 Å². The average molecular weight is 203 g/mol. The Morgan fingerprint density at radius 1 is 1.31 bits per heavy atom. The summed E-state index contributed by atoms with van der Waals surface area (Å²) < 4.78 is 60.4. The summed E-state index contributed by atoms with van der Waals surface area (Å²) in [7, 11) is 0. The van der Waals surface area contributed by atoms with E-state index in [0.717, 1.165) is 6.92 Å². The molecule has 0 aromatic heterocycles. The zero-order valence-electron chi connectivity index (χ0n) is 6.44. The number of hydrazone groups is 1. The largest absolute Gasteiger partial charge is 0.475 e. The zero-order chi connectivity index (χ0) is 10.3. The molecule has 0 spiro atoms. The quantitative estimate of drug-likeness (QED) is 0.514. The molecule has 0 saturated carbocycles. The summed E-state index contributed by atoms with van der Waals surface area (Å²) in [5.74, 6) is 0. The third-order valence-electron chi connectivity index (χ3n) is 1.53. The molecule has 1 atom stereocenters. The van der Waals surface area contributed by atoms with Crippen LogP contribution in [0.25, 0.3) is 0 Å². The molecule has 0 radical (unpaired) electrons. The molecule has 0 saturated heterocycles. The molecule has 1 N–H and O–H groups in total. The van der Waals surface area contributed by atoms with Gasteiger partial charge in [-0.05, 0) is 6.92 Å². The second kappa shape index (κ2) is 2.71. The van der Waals surface area contributed by atoms with Gasteiger partial charge in [-0.2, -0.15) is 27.1 Å². The van der Waals surface area contributed by atoms with Crippen molar-refractivity contribution in [1.82, 2.24) is 10.3 Å². The highest BCUT2D eigenvalue weighted by Crippen LogP contribution is 2.38. The Morgan fingerprint density at radius 2 is 1.85 bits per heavy atom. The van der Waals surface area contributed by atoms with Crippen molar-refractivity contribution in [2.45, 2.75) is 25.3 Å². The van der Waals surface area contributed by atoms with Gasteiger partial charge in [-0.15, -0.1) is 0 Å². The second-order valence-corrected chi connectivity index (χ2v) is 2.50. The van der Waals surface area contributed by atoms with Crippen LogP contribution in [0.1, 0.15) is 6.92 Å². The fraction of sp³-hybridized carbons (Fsp3) is 0.800. The maximum atomic E-state index is 12.6. The molecule has 0 aliphatic carbocycles. The first-order valence-electron chi connectivity index (χ1n) is 3.28. The molecule has 1 aliphatic rings. The van der Waals surface area contributed by atoms with Gasteiger partial charge in [0.05, 0.1) is 0 Å². The van der Waals surface area contributed by atoms with E-state index in [0.29, 0.717) is 6.34 Å². The van der Waals surface area contributed by atoms with E-state index in [4.69, 9.17) is 0 Å². The molecule has 3 nitrogen and oxygen atoms in total. The van der Waals surface area contributed by atoms with Crippen LogP contribution in [0.2, 0.25) is 0 Å². The van der Waals surface area contributed by atoms with Gasteiger partial charge in [-0.3, -0.25) is 10.3 Å². The summed E-state index contributed by atoms with van der Waals surface area (Å²) in [6, 6.07) is -4.89. The fourth-order valence-corrected chi connectivity index (χ4v) is 0.828. The number of hydrogen-bond acceptors (Lipinski definition) is 3. The predicted molar refractivity (Wildman–Crippen MR) is 33.9 cm³/mol. The van der Waals surface area contributed by atoms with Crippen LogP contribution in [0.4, 0.5) is 22.0 Å². The molecule has 1 rings (SSSR count). The summed E-state index contributed by atoms with van der Waals surface area (Å²) in [6.07, 6.45) is -6.34. The molecular weight excluding hydrogens is 197 g/mol. The first kappa shape index (κ1) is 10.0. The monoisotopic (exact) mass is 203 g/mol. The Labute approximate surface area is 70.2 Å². The molecule has 1 heterocycles. The van der Waals surface area contributed by atoms with Crippen molar-refractivity contribution in [2.24, 2.45) is 5.10 Å². The Morgan fingerprint density at radius 3 is 2.15 bits per heavy atom. The van der Waals surface area contributed by atoms with E-state index >= 15 is 0 Å². The van der Waals surface area contributed by atoms with E-state index < -0.39 is 18.4 Å². The number of rotatable bonds is 1. The highest BCUT2D eigenvalue weighted by atomic mass is 19.4. The lowest BCUT2D eigenvalue weighted by atomic mass is 10.4. The molecule has 0 aromatic carbocycles. The highest BCUT2D eigenvalue weighted by Gasteiger charge is 2.63. The van der Waals surface area contributed by atoms with Crippen molar-refractivity contribution in [1.29, 1.82) is 0 Å². The van der Waals surface area contributed by atoms with E-state index in [9.17, 15) is 22.0 Å². The van der Waals surface area contributed by atoms with Crippen molar-refractivity contribution in [3.05, 3.63) is 0 Å². The van der Waals surface area contributed by atoms with Gasteiger partial charge in [0.2, 0.25) is 0 Å². The molecule has 76 valence electrons. The van der Waals surface area contributed by atoms with E-state index in [1.165, 1.54) is 0 Å². The molecular formula is C5H6F5N3. The number of alkyl halides is 5. The first-order valence-corrected chi connectivity index (χ1v) is 3.28. The molecule has 1 unspecified atom stereocenters. The molecule has 0 bridgehead atoms. The van der Waals surface area contributed by atoms with E-state index in [-0.39, 0.29) is 4.90 Å². The maximum Gasteiger partial charge on any atom is 0.475 e. The van der Waals surface area contributed by atoms with Gasteiger partial charge in [-0.25, -0.2) is 0 Å². The number of nitrogens with zero attached hydrogens (tertiary/aromatic N) is 2. The number of nitrogens with one attached hydrogen (secondary N) is 1. The van der Waals surface area contributed by atoms with E-state index in [1.54, 1.807) is 0 Å². The second-order valence-electron chi connectivity index (χ2n) is 2.50. The third kappa shape index (κ3) is 1.52. The van der Waals surface area contributed by atoms with Gasteiger partial charge >= 0.3 is 12.2 Å². The van der Waals surface area contributed by atoms with Crippen molar-refractivity contribution >= 4 is 6.34 Å². The van der Waals surface area contributed by atoms with Crippen LogP contribution in [0.3, 0.4) is 0 Å². The van der Waals surface area contributed by atoms with Crippen LogP contribution in [-0.2, 0) is 0 Å². The molecule has 0 aromatic rings. The summed E-state index contributed by atoms with van der Waals surface area (Å²) in [5, 5.41) is 3.10. The molecule has 0 amide bonds. The summed E-state index contributed by atoms with van der Waals surface area (Å²) in [6.45, 7) is 1.15. The van der Waals surface area contributed by atoms with Crippen LogP contribution in [-0.4, -0.2) is 29.6 Å². The van der Waals surface area contributed by atoms with Crippen molar-refractivity contribution in [2.75, 3.05) is 0 Å². The SMILES string of the molecule is CC1NN=CN1C(F)(F)C(F)(F)F. The Hall–Kier alpha value is -1.08. The van der Waals surface area contributed by atoms with Gasteiger partial charge in [-0.1, -0.05) is 0 Å². The predicted octanol–water partition coefficient (Wildman–Crippen LogP) is 1.34. The smallest absolute Gasteiger partial charge is 0.286 e. The molecule has 0 fully saturated rings. The standard InChI is InChI=1S/C5H6F5N3/c1-3-12-11-2-13(3)5(9,10)4(6,7)8/h2-3,12H,1H3. The van der Waals surface area contributed by atoms with Crippen LogP contribution in [0.5, 0.6) is 0 Å². The first-order chi connectivity index (χ1) is 5.77. The molecule has 13 heavy (non-hydrogen) atoms. The zero-order valence-corrected chi connectivity index (χ0v) is 6.44. The summed E-state index contributed by atoms with van der Waals surface area (Å²) >= 11 is 0. The van der Waals surface area contributed by atoms with Crippen molar-refractivity contribution in [3.8, 4) is 0 Å². The molecule has 8 heteroatoms. The van der Waals surface area contributed by atoms with E-state index in [1.807, 2.05) is 0 Å². The van der Waals surface area contributed by atoms with Crippen molar-refractivity contribution < 1.29 is 22.0 Å². The minimum atomic E-state index is -5.60. The Bertz CT molecular complexity index is 223. The Balaban J connectivity index is 2.86. The van der Waals surface area contributed by atoms with Crippen LogP contribution in [0, 0.1) is 0 Å². The highest BCUT2D eigenvalue weighted by molar-refractivity contribution is 5.57. The third-order valence-corrected chi connectivity index (χ3v) is 1.53. The number of halogens is 5. The van der Waals surface area contributed by atoms with Gasteiger partial charge < -0.3 is 0 Å². The lowest BCUT2D eigenvalue weighted by Crippen LogP contribution is -2.55. The van der Waals surface area contributed by atoms with Crippen LogP contribution >= 0.6 is 0 Å². The van der Waals surface area contributed by atoms with Crippen LogP contribution in [0.15, 0.2) is 5.10 Å². The van der Waals surface area contributed by atoms with Gasteiger partial charge in [0, 0.05) is 0 Å². The van der Waals surface area contributed by atoms with Crippen molar-refractivity contribution in [3.63, 3.8) is 0 Å². The maximum absolute atomic E-state index is 12.6. The average Bonchev–Trinajstić information content (AvgIpc) is 2.32. The fourth-order valence-electron chi connectivity index (χ4n) is 0.828. The van der Waals surface area contributed by atoms with Gasteiger partial charge in [0.1, 0.15) is 12.5 Å². The Kier molecular flexibility index (Phi) is 2.08. The van der Waals surface area contributed by atoms with E-state index in [2.05, 4.69) is 10.5 Å². The van der Waals surface area contributed by atoms with Gasteiger partial charge in [0.15, 0.2) is 0 Å². The minimum Gasteiger partial charge on any atom is -0.286 e.